The number of unbranched alkanes of at least 4 members (excludes halogenated alkanes) is 2. The number of benzene rings is 3. The molecule has 0 aromatic heterocycles. The van der Waals surface area contributed by atoms with E-state index >= 15 is 0 Å². The number of amides is 2. The summed E-state index contributed by atoms with van der Waals surface area (Å²) in [5.74, 6) is 0.248. The van der Waals surface area contributed by atoms with Crippen LogP contribution in [0.5, 0.6) is 0 Å². The van der Waals surface area contributed by atoms with E-state index < -0.39 is 12.2 Å². The summed E-state index contributed by atoms with van der Waals surface area (Å²) < 4.78 is 12.9. The number of aliphatic hydroxyl groups is 1. The summed E-state index contributed by atoms with van der Waals surface area (Å²) in [5, 5.41) is 20.9. The number of hydroxylamine groups is 1. The van der Waals surface area contributed by atoms with Gasteiger partial charge in [-0.2, -0.15) is 0 Å². The molecule has 0 bridgehead atoms. The molecule has 3 aromatic carbocycles. The van der Waals surface area contributed by atoms with E-state index in [1.54, 1.807) is 17.2 Å². The van der Waals surface area contributed by atoms with Crippen LogP contribution >= 0.6 is 11.8 Å². The molecule has 0 aliphatic carbocycles. The fraction of sp³-hybridized carbons (Fsp3) is 0.355. The maximum absolute atomic E-state index is 12.5. The van der Waals surface area contributed by atoms with Crippen molar-refractivity contribution in [1.82, 2.24) is 5.48 Å². The monoisotopic (exact) mass is 564 g/mol. The zero-order valence-corrected chi connectivity index (χ0v) is 23.1. The third kappa shape index (κ3) is 9.18. The van der Waals surface area contributed by atoms with Gasteiger partial charge in [-0.3, -0.25) is 14.8 Å². The van der Waals surface area contributed by atoms with E-state index in [1.807, 2.05) is 66.7 Å². The van der Waals surface area contributed by atoms with Crippen molar-refractivity contribution in [3.63, 3.8) is 0 Å². The summed E-state index contributed by atoms with van der Waals surface area (Å²) in [6.07, 6.45) is 2.41. The highest BCUT2D eigenvalue weighted by Gasteiger charge is 2.32. The van der Waals surface area contributed by atoms with Gasteiger partial charge in [-0.15, -0.1) is 11.8 Å². The quantitative estimate of drug-likeness (QED) is 0.0882. The molecule has 0 unspecified atom stereocenters. The molecule has 3 atom stereocenters. The van der Waals surface area contributed by atoms with Crippen LogP contribution in [-0.4, -0.2) is 34.0 Å². The topological polar surface area (TPSA) is 117 Å². The van der Waals surface area contributed by atoms with Crippen LogP contribution in [-0.2, 0) is 25.7 Å². The van der Waals surface area contributed by atoms with Crippen molar-refractivity contribution in [2.24, 2.45) is 0 Å². The molecule has 9 heteroatoms. The molecule has 0 radical (unpaired) electrons. The largest absolute Gasteiger partial charge is 0.392 e. The van der Waals surface area contributed by atoms with Crippen LogP contribution in [0.4, 0.5) is 5.69 Å². The van der Waals surface area contributed by atoms with Gasteiger partial charge in [0.1, 0.15) is 0 Å². The number of hydrogen-bond donors (Lipinski definition) is 4. The van der Waals surface area contributed by atoms with Crippen molar-refractivity contribution in [2.75, 3.05) is 11.1 Å². The average molecular weight is 565 g/mol. The normalized spacial score (nSPS) is 18.7. The molecule has 212 valence electrons. The van der Waals surface area contributed by atoms with Gasteiger partial charge >= 0.3 is 0 Å². The Balaban J connectivity index is 1.40. The highest BCUT2D eigenvalue weighted by Crippen LogP contribution is 2.39. The Morgan fingerprint density at radius 2 is 1.60 bits per heavy atom. The molecule has 0 spiro atoms. The number of ether oxygens (including phenoxy) is 2. The SMILES string of the molecule is O=C(CCCCCC(=O)Nc1cccc([C@@H]2O[C@H](CSc3ccccc3)C[C@H](c3ccc(CO)cc3)O2)c1)NO. The molecule has 0 saturated carbocycles. The van der Waals surface area contributed by atoms with Crippen LogP contribution in [0.15, 0.2) is 83.8 Å². The van der Waals surface area contributed by atoms with Crippen LogP contribution < -0.4 is 10.8 Å². The lowest BCUT2D eigenvalue weighted by molar-refractivity contribution is -0.245. The standard InChI is InChI=1S/C31H36N2O6S/c34-20-22-14-16-23(17-15-22)28-19-26(21-40-27-10-3-1-4-11-27)38-31(39-28)24-8-7-9-25(18-24)32-29(35)12-5-2-6-13-30(36)33-37/h1,3-4,7-11,14-18,26,28,31,34,37H,2,5-6,12-13,19-21H2,(H,32,35)(H,33,36)/t26-,28+,31+/m0/s1. The molecule has 4 rings (SSSR count). The van der Waals surface area contributed by atoms with Crippen LogP contribution in [0.3, 0.4) is 0 Å². The van der Waals surface area contributed by atoms with Crippen LogP contribution in [0, 0.1) is 0 Å². The molecule has 1 saturated heterocycles. The van der Waals surface area contributed by atoms with E-state index in [0.29, 0.717) is 37.8 Å². The number of anilines is 1. The molecule has 8 nitrogen and oxygen atoms in total. The number of aliphatic hydroxyl groups excluding tert-OH is 1. The van der Waals surface area contributed by atoms with E-state index in [9.17, 15) is 14.7 Å². The van der Waals surface area contributed by atoms with E-state index in [4.69, 9.17) is 14.7 Å². The van der Waals surface area contributed by atoms with Gasteiger partial charge in [-0.05, 0) is 48.2 Å². The minimum Gasteiger partial charge on any atom is -0.392 e. The van der Waals surface area contributed by atoms with Crippen molar-refractivity contribution in [2.45, 2.75) is 68.5 Å². The number of rotatable bonds is 13. The maximum Gasteiger partial charge on any atom is 0.243 e. The molecule has 1 heterocycles. The van der Waals surface area contributed by atoms with Crippen molar-refractivity contribution in [3.8, 4) is 0 Å². The van der Waals surface area contributed by atoms with Gasteiger partial charge in [0.2, 0.25) is 11.8 Å². The van der Waals surface area contributed by atoms with E-state index in [2.05, 4.69) is 17.4 Å². The molecule has 3 aromatic rings. The van der Waals surface area contributed by atoms with E-state index in [0.717, 1.165) is 22.4 Å². The summed E-state index contributed by atoms with van der Waals surface area (Å²) >= 11 is 1.75. The second-order valence-electron chi connectivity index (χ2n) is 9.74. The van der Waals surface area contributed by atoms with Crippen molar-refractivity contribution in [1.29, 1.82) is 0 Å². The fourth-order valence-electron chi connectivity index (χ4n) is 4.52. The van der Waals surface area contributed by atoms with E-state index in [1.165, 1.54) is 4.90 Å². The first-order valence-electron chi connectivity index (χ1n) is 13.5. The Morgan fingerprint density at radius 3 is 2.33 bits per heavy atom. The number of nitrogens with one attached hydrogen (secondary N) is 2. The Morgan fingerprint density at radius 1 is 0.850 bits per heavy atom. The minimum atomic E-state index is -0.604. The lowest BCUT2D eigenvalue weighted by atomic mass is 10.0. The summed E-state index contributed by atoms with van der Waals surface area (Å²) in [4.78, 5) is 24.8. The molecule has 1 fully saturated rings. The third-order valence-electron chi connectivity index (χ3n) is 6.67. The maximum atomic E-state index is 12.5. The molecular formula is C31H36N2O6S. The predicted octanol–water partition coefficient (Wildman–Crippen LogP) is 5.91. The Hall–Kier alpha value is -3.21. The summed E-state index contributed by atoms with van der Waals surface area (Å²) in [5.41, 5.74) is 4.98. The van der Waals surface area contributed by atoms with Gasteiger partial charge in [0.15, 0.2) is 6.29 Å². The number of carbonyl (C=O) groups is 2. The lowest BCUT2D eigenvalue weighted by Crippen LogP contribution is -2.31. The van der Waals surface area contributed by atoms with Gasteiger partial charge in [0, 0.05) is 41.2 Å². The van der Waals surface area contributed by atoms with Crippen LogP contribution in [0.25, 0.3) is 0 Å². The Kier molecular flexibility index (Phi) is 11.6. The van der Waals surface area contributed by atoms with Crippen LogP contribution in [0.2, 0.25) is 0 Å². The fourth-order valence-corrected chi connectivity index (χ4v) is 5.46. The number of hydrogen-bond acceptors (Lipinski definition) is 7. The summed E-state index contributed by atoms with van der Waals surface area (Å²) in [6, 6.07) is 25.6. The smallest absolute Gasteiger partial charge is 0.243 e. The molecule has 1 aliphatic rings. The van der Waals surface area contributed by atoms with Gasteiger partial charge in [0.05, 0.1) is 18.8 Å². The van der Waals surface area contributed by atoms with Crippen molar-refractivity contribution in [3.05, 3.63) is 95.6 Å². The van der Waals surface area contributed by atoms with Crippen molar-refractivity contribution < 1.29 is 29.4 Å². The molecule has 40 heavy (non-hydrogen) atoms. The van der Waals surface area contributed by atoms with Gasteiger partial charge in [-0.25, -0.2) is 5.48 Å². The Bertz CT molecular complexity index is 1220. The Labute approximate surface area is 239 Å². The first-order valence-corrected chi connectivity index (χ1v) is 14.5. The first kappa shape index (κ1) is 29.8. The van der Waals surface area contributed by atoms with E-state index in [-0.39, 0.29) is 31.1 Å². The highest BCUT2D eigenvalue weighted by atomic mass is 32.2. The minimum absolute atomic E-state index is 0.00668. The third-order valence-corrected chi connectivity index (χ3v) is 7.81. The molecule has 1 aliphatic heterocycles. The molecule has 2 amide bonds. The molecular weight excluding hydrogens is 528 g/mol. The van der Waals surface area contributed by atoms with Gasteiger partial charge in [0.25, 0.3) is 0 Å². The summed E-state index contributed by atoms with van der Waals surface area (Å²) in [7, 11) is 0. The first-order chi connectivity index (χ1) is 19.5. The average Bonchev–Trinajstić information content (AvgIpc) is 3.00. The number of thioether (sulfide) groups is 1. The van der Waals surface area contributed by atoms with Gasteiger partial charge in [-0.1, -0.05) is 61.0 Å². The summed E-state index contributed by atoms with van der Waals surface area (Å²) in [6.45, 7) is -0.00668. The number of carbonyl (C=O) groups excluding carboxylic acids is 2. The zero-order chi connectivity index (χ0) is 28.2. The molecule has 4 N–H and O–H groups in total. The van der Waals surface area contributed by atoms with Crippen molar-refractivity contribution >= 4 is 29.3 Å². The van der Waals surface area contributed by atoms with Gasteiger partial charge < -0.3 is 19.9 Å². The second-order valence-corrected chi connectivity index (χ2v) is 10.8. The lowest BCUT2D eigenvalue weighted by Gasteiger charge is -2.36. The highest BCUT2D eigenvalue weighted by molar-refractivity contribution is 7.99. The zero-order valence-electron chi connectivity index (χ0n) is 22.3. The van der Waals surface area contributed by atoms with Crippen LogP contribution in [0.1, 0.15) is 67.6 Å². The second kappa shape index (κ2) is 15.5. The predicted molar refractivity (Wildman–Crippen MR) is 154 cm³/mol.